The number of nitrogens with zero attached hydrogens (tertiary/aromatic N) is 5. The van der Waals surface area contributed by atoms with E-state index in [0.717, 1.165) is 70.4 Å². The van der Waals surface area contributed by atoms with E-state index in [1.54, 1.807) is 22.4 Å². The number of rotatable bonds is 10. The van der Waals surface area contributed by atoms with Gasteiger partial charge in [-0.25, -0.2) is 9.97 Å². The molecule has 0 saturated carbocycles. The summed E-state index contributed by atoms with van der Waals surface area (Å²) in [7, 11) is 2.02. The molecule has 0 spiro atoms. The highest BCUT2D eigenvalue weighted by Crippen LogP contribution is 2.34. The molecule has 3 aromatic heterocycles. The Morgan fingerprint density at radius 2 is 1.84 bits per heavy atom. The van der Waals surface area contributed by atoms with Crippen molar-refractivity contribution in [1.29, 1.82) is 0 Å². The molecule has 5 heterocycles. The maximum Gasteiger partial charge on any atom is 0.246 e. The smallest absolute Gasteiger partial charge is 0.246 e. The van der Waals surface area contributed by atoms with Gasteiger partial charge in [0.25, 0.3) is 0 Å². The van der Waals surface area contributed by atoms with Crippen LogP contribution in [0.25, 0.3) is 26.7 Å². The van der Waals surface area contributed by atoms with Crippen molar-refractivity contribution >= 4 is 33.9 Å². The number of carbonyl (C=O) groups is 3. The zero-order chi connectivity index (χ0) is 31.0. The minimum atomic E-state index is -0.703. The van der Waals surface area contributed by atoms with Gasteiger partial charge < -0.3 is 20.3 Å². The van der Waals surface area contributed by atoms with Crippen molar-refractivity contribution < 1.29 is 19.5 Å². The Morgan fingerprint density at radius 1 is 1.09 bits per heavy atom. The summed E-state index contributed by atoms with van der Waals surface area (Å²) < 4.78 is 2.00. The Morgan fingerprint density at radius 3 is 2.52 bits per heavy atom. The van der Waals surface area contributed by atoms with Gasteiger partial charge in [0.1, 0.15) is 18.5 Å². The van der Waals surface area contributed by atoms with Gasteiger partial charge >= 0.3 is 0 Å². The summed E-state index contributed by atoms with van der Waals surface area (Å²) in [5.41, 5.74) is 3.74. The first-order chi connectivity index (χ1) is 21.2. The van der Waals surface area contributed by atoms with Crippen LogP contribution >= 0.6 is 11.3 Å². The molecule has 2 fully saturated rings. The van der Waals surface area contributed by atoms with Gasteiger partial charge in [0, 0.05) is 18.9 Å². The second-order valence-electron chi connectivity index (χ2n) is 12.2. The van der Waals surface area contributed by atoms with Gasteiger partial charge in [-0.1, -0.05) is 49.4 Å². The molecule has 4 aromatic rings. The van der Waals surface area contributed by atoms with E-state index in [2.05, 4.69) is 38.5 Å². The van der Waals surface area contributed by atoms with Crippen molar-refractivity contribution in [2.24, 2.45) is 5.92 Å². The molecule has 3 N–H and O–H groups in total. The number of likely N-dealkylation sites (N-methyl/N-ethyl adjacent to an activating group) is 1. The van der Waals surface area contributed by atoms with Crippen molar-refractivity contribution in [3.63, 3.8) is 0 Å². The Bertz CT molecular complexity index is 1620. The number of aliphatic hydroxyl groups is 1. The average Bonchev–Trinajstić information content (AvgIpc) is 3.83. The number of aliphatic hydroxyl groups excluding tert-OH is 1. The number of benzene rings is 1. The molecule has 0 aliphatic carbocycles. The van der Waals surface area contributed by atoms with Gasteiger partial charge in [-0.15, -0.1) is 0 Å². The largest absolute Gasteiger partial charge is 0.387 e. The zero-order valence-corrected chi connectivity index (χ0v) is 26.1. The summed E-state index contributed by atoms with van der Waals surface area (Å²) in [4.78, 5) is 56.7. The quantitative estimate of drug-likeness (QED) is 0.248. The summed E-state index contributed by atoms with van der Waals surface area (Å²) in [5, 5.41) is 11.8. The molecule has 1 aromatic carbocycles. The maximum absolute atomic E-state index is 13.4. The molecular weight excluding hydrogens is 578 g/mol. The van der Waals surface area contributed by atoms with Crippen LogP contribution in [0, 0.1) is 5.92 Å². The monoisotopic (exact) mass is 617 g/mol. The van der Waals surface area contributed by atoms with Crippen molar-refractivity contribution in [2.45, 2.75) is 64.1 Å². The Labute approximate surface area is 260 Å². The molecule has 0 radical (unpaired) electrons. The molecule has 2 saturated heterocycles. The van der Waals surface area contributed by atoms with Crippen LogP contribution in [-0.2, 0) is 20.8 Å². The fraction of sp³-hybridized carbons (Fsp3) is 0.469. The van der Waals surface area contributed by atoms with Crippen molar-refractivity contribution in [3.8, 4) is 21.7 Å². The van der Waals surface area contributed by atoms with Crippen LogP contribution in [0.4, 0.5) is 0 Å². The number of carbonyl (C=O) groups excluding carboxylic acids is 3. The molecular formula is C32H39N7O4S. The predicted molar refractivity (Wildman–Crippen MR) is 168 cm³/mol. The highest BCUT2D eigenvalue weighted by atomic mass is 32.1. The number of amides is 2. The number of thiazole rings is 1. The lowest BCUT2D eigenvalue weighted by atomic mass is 10.0. The Kier molecular flexibility index (Phi) is 8.66. The first-order valence-corrected chi connectivity index (χ1v) is 16.1. The number of imidazole rings is 2. The first kappa shape index (κ1) is 30.2. The van der Waals surface area contributed by atoms with Crippen LogP contribution < -0.4 is 5.32 Å². The van der Waals surface area contributed by atoms with Gasteiger partial charge in [0.2, 0.25) is 11.8 Å². The number of aromatic nitrogens is 4. The number of likely N-dealkylation sites (tertiary alicyclic amines) is 2. The number of aromatic amines is 1. The summed E-state index contributed by atoms with van der Waals surface area (Å²) in [6.07, 6.45) is 9.82. The van der Waals surface area contributed by atoms with Gasteiger partial charge in [0.15, 0.2) is 10.7 Å². The number of nitrogens with one attached hydrogen (secondary N) is 2. The number of Topliss-reactive ketones (excluding diaryl/α,β-unsaturated/α-hetero) is 1. The summed E-state index contributed by atoms with van der Waals surface area (Å²) in [6, 6.07) is 7.35. The van der Waals surface area contributed by atoms with E-state index in [4.69, 9.17) is 10.1 Å². The first-order valence-electron chi connectivity index (χ1n) is 15.3. The fourth-order valence-electron chi connectivity index (χ4n) is 6.37. The van der Waals surface area contributed by atoms with E-state index in [0.29, 0.717) is 13.0 Å². The lowest BCUT2D eigenvalue weighted by Gasteiger charge is -2.30. The summed E-state index contributed by atoms with van der Waals surface area (Å²) in [5.74, 6) is 0.130. The van der Waals surface area contributed by atoms with Crippen molar-refractivity contribution in [3.05, 3.63) is 54.4 Å². The maximum atomic E-state index is 13.4. The lowest BCUT2D eigenvalue weighted by Crippen LogP contribution is -2.51. The third-order valence-corrected chi connectivity index (χ3v) is 9.82. The van der Waals surface area contributed by atoms with Gasteiger partial charge in [0.05, 0.1) is 41.0 Å². The number of hydrogen-bond donors (Lipinski definition) is 3. The third kappa shape index (κ3) is 6.06. The second-order valence-corrected chi connectivity index (χ2v) is 13.2. The minimum absolute atomic E-state index is 0.0122. The average molecular weight is 618 g/mol. The van der Waals surface area contributed by atoms with Crippen molar-refractivity contribution in [1.82, 2.24) is 34.5 Å². The number of fused-ring (bicyclic) bond motifs is 1. The second kappa shape index (κ2) is 12.6. The highest BCUT2D eigenvalue weighted by Gasteiger charge is 2.37. The summed E-state index contributed by atoms with van der Waals surface area (Å²) in [6.45, 7) is 4.68. The molecule has 12 heteroatoms. The number of hydrogen-bond acceptors (Lipinski definition) is 8. The standard InChI is InChI=1S/C32H39N7O4S/c1-19(2)29(36-28(42)18-40)31(43)39-13-5-7-25(39)30-33-15-23(35-30)20-8-10-21(11-9-20)27-17-38-16-22(34-32(38)44-27)14-26(41)24-6-4-12-37(24)3/h8-11,15-17,19,24-25,29,40H,4-7,12-14,18H2,1-3H3,(H,33,35)(H,36,42)/t24-,25-,29-/m0/s1. The Balaban J connectivity index is 1.12. The molecule has 11 nitrogen and oxygen atoms in total. The molecule has 2 amide bonds. The molecule has 3 atom stereocenters. The molecule has 6 rings (SSSR count). The molecule has 232 valence electrons. The molecule has 2 aliphatic heterocycles. The molecule has 2 aliphatic rings. The van der Waals surface area contributed by atoms with Gasteiger partial charge in [-0.2, -0.15) is 0 Å². The van der Waals surface area contributed by atoms with E-state index in [1.807, 2.05) is 43.6 Å². The normalized spacial score (nSPS) is 19.7. The predicted octanol–water partition coefficient (Wildman–Crippen LogP) is 3.46. The fourth-order valence-corrected chi connectivity index (χ4v) is 7.36. The van der Waals surface area contributed by atoms with Crippen LogP contribution in [0.2, 0.25) is 0 Å². The van der Waals surface area contributed by atoms with E-state index in [-0.39, 0.29) is 29.7 Å². The molecule has 44 heavy (non-hydrogen) atoms. The van der Waals surface area contributed by atoms with Gasteiger partial charge in [-0.3, -0.25) is 23.7 Å². The zero-order valence-electron chi connectivity index (χ0n) is 25.3. The van der Waals surface area contributed by atoms with E-state index in [9.17, 15) is 14.4 Å². The third-order valence-electron chi connectivity index (χ3n) is 8.77. The van der Waals surface area contributed by atoms with Crippen LogP contribution in [0.15, 0.2) is 42.9 Å². The Hall–Kier alpha value is -3.87. The van der Waals surface area contributed by atoms with Crippen LogP contribution in [0.5, 0.6) is 0 Å². The molecule has 0 unspecified atom stereocenters. The minimum Gasteiger partial charge on any atom is -0.387 e. The van der Waals surface area contributed by atoms with Gasteiger partial charge in [-0.05, 0) is 56.3 Å². The van der Waals surface area contributed by atoms with E-state index < -0.39 is 18.6 Å². The number of ketones is 1. The number of H-pyrrole nitrogens is 1. The highest BCUT2D eigenvalue weighted by molar-refractivity contribution is 7.20. The van der Waals surface area contributed by atoms with Crippen LogP contribution in [-0.4, -0.2) is 90.7 Å². The van der Waals surface area contributed by atoms with E-state index in [1.165, 1.54) is 0 Å². The van der Waals surface area contributed by atoms with Crippen LogP contribution in [0.1, 0.15) is 57.1 Å². The summed E-state index contributed by atoms with van der Waals surface area (Å²) >= 11 is 1.60. The van der Waals surface area contributed by atoms with Crippen LogP contribution in [0.3, 0.4) is 0 Å². The van der Waals surface area contributed by atoms with Crippen molar-refractivity contribution in [2.75, 3.05) is 26.7 Å². The molecule has 0 bridgehead atoms. The topological polar surface area (TPSA) is 136 Å². The van der Waals surface area contributed by atoms with E-state index >= 15 is 0 Å². The lowest BCUT2D eigenvalue weighted by molar-refractivity contribution is -0.139. The SMILES string of the molecule is CC(C)[C@H](NC(=O)CO)C(=O)N1CCC[C@H]1c1ncc(-c2ccc(-c3cn4cc(CC(=O)[C@@H]5CCCN5C)nc4s3)cc2)[nH]1.